The molecule has 1 heteroatoms. The molecule has 0 saturated carbocycles. The molecule has 1 aromatic carbocycles. The van der Waals surface area contributed by atoms with Crippen LogP contribution in [0.15, 0.2) is 30.3 Å². The third kappa shape index (κ3) is 3.97. The van der Waals surface area contributed by atoms with E-state index in [-0.39, 0.29) is 0 Å². The van der Waals surface area contributed by atoms with Gasteiger partial charge in [-0.2, -0.15) is 0 Å². The minimum absolute atomic E-state index is 1.21. The maximum absolute atomic E-state index is 2.64. The molecular formula is C15H23N. The Labute approximate surface area is 99.5 Å². The molecule has 2 rings (SSSR count). The van der Waals surface area contributed by atoms with Gasteiger partial charge in [0, 0.05) is 6.54 Å². The van der Waals surface area contributed by atoms with Gasteiger partial charge in [0.15, 0.2) is 0 Å². The first kappa shape index (κ1) is 11.7. The zero-order chi connectivity index (χ0) is 11.1. The van der Waals surface area contributed by atoms with Crippen molar-refractivity contribution < 1.29 is 0 Å². The van der Waals surface area contributed by atoms with E-state index in [1.54, 1.807) is 0 Å². The van der Waals surface area contributed by atoms with E-state index in [9.17, 15) is 0 Å². The van der Waals surface area contributed by atoms with Crippen LogP contribution in [-0.2, 0) is 6.42 Å². The lowest BCUT2D eigenvalue weighted by Crippen LogP contribution is -2.29. The topological polar surface area (TPSA) is 3.24 Å². The van der Waals surface area contributed by atoms with Crippen molar-refractivity contribution in [1.29, 1.82) is 0 Å². The first-order valence-corrected chi connectivity index (χ1v) is 6.71. The van der Waals surface area contributed by atoms with Crippen LogP contribution in [-0.4, -0.2) is 24.5 Å². The monoisotopic (exact) mass is 217 g/mol. The average Bonchev–Trinajstić information content (AvgIpc) is 2.29. The van der Waals surface area contributed by atoms with Gasteiger partial charge in [0.05, 0.1) is 0 Å². The highest BCUT2D eigenvalue weighted by Gasteiger charge is 2.07. The molecule has 0 radical (unpaired) electrons. The maximum atomic E-state index is 2.64. The van der Waals surface area contributed by atoms with Gasteiger partial charge in [-0.05, 0) is 37.9 Å². The van der Waals surface area contributed by atoms with Crippen LogP contribution in [0.5, 0.6) is 0 Å². The molecule has 0 amide bonds. The minimum atomic E-state index is 1.21. The molecule has 0 aromatic heterocycles. The van der Waals surface area contributed by atoms with Gasteiger partial charge in [0.1, 0.15) is 0 Å². The second-order valence-corrected chi connectivity index (χ2v) is 4.85. The molecule has 1 fully saturated rings. The molecule has 1 aliphatic heterocycles. The van der Waals surface area contributed by atoms with E-state index in [4.69, 9.17) is 0 Å². The summed E-state index contributed by atoms with van der Waals surface area (Å²) in [6, 6.07) is 10.9. The van der Waals surface area contributed by atoms with Crippen molar-refractivity contribution in [2.75, 3.05) is 19.6 Å². The zero-order valence-corrected chi connectivity index (χ0v) is 10.2. The number of rotatable bonds is 3. The number of hydrogen-bond donors (Lipinski definition) is 0. The van der Waals surface area contributed by atoms with Gasteiger partial charge in [0.2, 0.25) is 0 Å². The van der Waals surface area contributed by atoms with E-state index >= 15 is 0 Å². The Balaban J connectivity index is 1.75. The Bertz CT molecular complexity index is 273. The van der Waals surface area contributed by atoms with E-state index in [2.05, 4.69) is 35.2 Å². The van der Waals surface area contributed by atoms with E-state index in [1.807, 2.05) is 0 Å². The molecule has 0 unspecified atom stereocenters. The van der Waals surface area contributed by atoms with E-state index in [1.165, 1.54) is 63.7 Å². The van der Waals surface area contributed by atoms with Crippen molar-refractivity contribution in [2.24, 2.45) is 0 Å². The van der Waals surface area contributed by atoms with Gasteiger partial charge in [-0.15, -0.1) is 0 Å². The molecule has 16 heavy (non-hydrogen) atoms. The van der Waals surface area contributed by atoms with E-state index < -0.39 is 0 Å². The Hall–Kier alpha value is -0.820. The molecule has 1 nitrogen and oxygen atoms in total. The average molecular weight is 217 g/mol. The van der Waals surface area contributed by atoms with Gasteiger partial charge < -0.3 is 4.90 Å². The van der Waals surface area contributed by atoms with Crippen LogP contribution in [0, 0.1) is 0 Å². The molecule has 0 N–H and O–H groups in total. The van der Waals surface area contributed by atoms with Gasteiger partial charge in [0.25, 0.3) is 0 Å². The molecule has 0 spiro atoms. The van der Waals surface area contributed by atoms with E-state index in [0.717, 1.165) is 0 Å². The first-order chi connectivity index (χ1) is 7.95. The van der Waals surface area contributed by atoms with Crippen LogP contribution < -0.4 is 0 Å². The van der Waals surface area contributed by atoms with Crippen molar-refractivity contribution in [3.8, 4) is 0 Å². The Kier molecular flexibility index (Phi) is 4.88. The van der Waals surface area contributed by atoms with Crippen LogP contribution >= 0.6 is 0 Å². The Morgan fingerprint density at radius 3 is 2.12 bits per heavy atom. The third-order valence-electron chi connectivity index (χ3n) is 3.51. The predicted octanol–water partition coefficient (Wildman–Crippen LogP) is 3.50. The number of benzene rings is 1. The van der Waals surface area contributed by atoms with E-state index in [0.29, 0.717) is 0 Å². The summed E-state index contributed by atoms with van der Waals surface area (Å²) in [5.41, 5.74) is 1.48. The normalized spacial score (nSPS) is 19.0. The number of nitrogens with zero attached hydrogens (tertiary/aromatic N) is 1. The van der Waals surface area contributed by atoms with Crippen molar-refractivity contribution in [2.45, 2.75) is 38.5 Å². The molecule has 1 aromatic rings. The van der Waals surface area contributed by atoms with Gasteiger partial charge in [-0.3, -0.25) is 0 Å². The third-order valence-corrected chi connectivity index (χ3v) is 3.51. The summed E-state index contributed by atoms with van der Waals surface area (Å²) in [4.78, 5) is 2.64. The lowest BCUT2D eigenvalue weighted by Gasteiger charge is -2.24. The quantitative estimate of drug-likeness (QED) is 0.749. The van der Waals surface area contributed by atoms with Crippen LogP contribution in [0.2, 0.25) is 0 Å². The summed E-state index contributed by atoms with van der Waals surface area (Å²) in [6.45, 7) is 3.86. The summed E-state index contributed by atoms with van der Waals surface area (Å²) >= 11 is 0. The van der Waals surface area contributed by atoms with Gasteiger partial charge in [-0.1, -0.05) is 49.6 Å². The summed E-state index contributed by atoms with van der Waals surface area (Å²) in [7, 11) is 0. The van der Waals surface area contributed by atoms with Crippen LogP contribution in [0.1, 0.15) is 37.7 Å². The standard InChI is InChI=1S/C15H23N/c1-2-7-12-16(13-8-3-1)14-11-15-9-5-4-6-10-15/h4-6,9-10H,1-3,7-8,11-14H2. The molecule has 88 valence electrons. The molecule has 0 aliphatic carbocycles. The molecule has 1 saturated heterocycles. The fraction of sp³-hybridized carbons (Fsp3) is 0.600. The SMILES string of the molecule is c1ccc(CCN2CCCCCCC2)cc1. The Morgan fingerprint density at radius 2 is 1.44 bits per heavy atom. The lowest BCUT2D eigenvalue weighted by atomic mass is 10.1. The molecule has 0 atom stereocenters. The molecule has 0 bridgehead atoms. The van der Waals surface area contributed by atoms with Gasteiger partial charge in [-0.25, -0.2) is 0 Å². The summed E-state index contributed by atoms with van der Waals surface area (Å²) in [6.07, 6.45) is 8.32. The van der Waals surface area contributed by atoms with Crippen molar-refractivity contribution in [3.63, 3.8) is 0 Å². The highest BCUT2D eigenvalue weighted by atomic mass is 15.1. The minimum Gasteiger partial charge on any atom is -0.303 e. The summed E-state index contributed by atoms with van der Waals surface area (Å²) in [5, 5.41) is 0. The van der Waals surface area contributed by atoms with Crippen molar-refractivity contribution in [3.05, 3.63) is 35.9 Å². The van der Waals surface area contributed by atoms with Crippen LogP contribution in [0.25, 0.3) is 0 Å². The second kappa shape index (κ2) is 6.70. The van der Waals surface area contributed by atoms with Crippen molar-refractivity contribution >= 4 is 0 Å². The summed E-state index contributed by atoms with van der Waals surface area (Å²) in [5.74, 6) is 0. The zero-order valence-electron chi connectivity index (χ0n) is 10.2. The highest BCUT2D eigenvalue weighted by Crippen LogP contribution is 2.11. The molecule has 1 aliphatic rings. The number of likely N-dealkylation sites (tertiary alicyclic amines) is 1. The summed E-state index contributed by atoms with van der Waals surface area (Å²) < 4.78 is 0. The van der Waals surface area contributed by atoms with Crippen molar-refractivity contribution in [1.82, 2.24) is 4.90 Å². The largest absolute Gasteiger partial charge is 0.303 e. The van der Waals surface area contributed by atoms with Gasteiger partial charge >= 0.3 is 0 Å². The fourth-order valence-electron chi connectivity index (χ4n) is 2.47. The van der Waals surface area contributed by atoms with Crippen LogP contribution in [0.4, 0.5) is 0 Å². The lowest BCUT2D eigenvalue weighted by molar-refractivity contribution is 0.250. The Morgan fingerprint density at radius 1 is 0.812 bits per heavy atom. The number of hydrogen-bond acceptors (Lipinski definition) is 1. The highest BCUT2D eigenvalue weighted by molar-refractivity contribution is 5.14. The fourth-order valence-corrected chi connectivity index (χ4v) is 2.47. The predicted molar refractivity (Wildman–Crippen MR) is 69.7 cm³/mol. The molecule has 1 heterocycles. The maximum Gasteiger partial charge on any atom is 0.00218 e. The second-order valence-electron chi connectivity index (χ2n) is 4.85. The molecular weight excluding hydrogens is 194 g/mol. The van der Waals surface area contributed by atoms with Crippen LogP contribution in [0.3, 0.4) is 0 Å². The first-order valence-electron chi connectivity index (χ1n) is 6.71. The smallest absolute Gasteiger partial charge is 0.00218 e.